The van der Waals surface area contributed by atoms with Crippen LogP contribution in [0, 0.1) is 0 Å². The molecule has 0 heterocycles. The van der Waals surface area contributed by atoms with E-state index in [0.717, 1.165) is 17.4 Å². The molecule has 0 spiro atoms. The van der Waals surface area contributed by atoms with Gasteiger partial charge in [0.2, 0.25) is 0 Å². The quantitative estimate of drug-likeness (QED) is 0.0389. The summed E-state index contributed by atoms with van der Waals surface area (Å²) in [5, 5.41) is 0. The number of hydrogen-bond donors (Lipinski definition) is 1. The summed E-state index contributed by atoms with van der Waals surface area (Å²) in [6.07, 6.45) is 54.6. The van der Waals surface area contributed by atoms with Crippen LogP contribution in [0.5, 0.6) is 0 Å². The fraction of sp³-hybridized carbons (Fsp3) is 0.977. The van der Waals surface area contributed by atoms with Crippen LogP contribution in [-0.2, 0) is 0 Å². The van der Waals surface area contributed by atoms with Gasteiger partial charge in [-0.3, -0.25) is 0 Å². The normalized spacial score (nSPS) is 11.5. The summed E-state index contributed by atoms with van der Waals surface area (Å²) in [6, 6.07) is 0. The smallest absolute Gasteiger partial charge is 0.133 e. The second-order valence-corrected chi connectivity index (χ2v) is 16.1. The third-order valence-corrected chi connectivity index (χ3v) is 10.9. The zero-order valence-corrected chi connectivity index (χ0v) is 33.8. The highest BCUT2D eigenvalue weighted by molar-refractivity contribution is 8.10. The average Bonchev–Trinajstić information content (AvgIpc) is 3.05. The minimum absolute atomic E-state index is 0.810. The molecule has 276 valence electrons. The van der Waals surface area contributed by atoms with Gasteiger partial charge in [-0.15, -0.1) is 12.6 Å². The summed E-state index contributed by atoms with van der Waals surface area (Å²) in [5.41, 5.74) is 0. The number of nitrogens with zero attached hydrogens (tertiary/aromatic N) is 1. The van der Waals surface area contributed by atoms with E-state index in [0.29, 0.717) is 0 Å². The molecule has 0 rings (SSSR count). The van der Waals surface area contributed by atoms with E-state index in [2.05, 4.69) is 31.4 Å². The Morgan fingerprint density at radius 1 is 0.304 bits per heavy atom. The van der Waals surface area contributed by atoms with E-state index in [1.54, 1.807) is 0 Å². The minimum atomic E-state index is 0.810. The van der Waals surface area contributed by atoms with Crippen molar-refractivity contribution in [1.82, 2.24) is 4.90 Å². The average molecular weight is 682 g/mol. The molecule has 0 bridgehead atoms. The van der Waals surface area contributed by atoms with E-state index < -0.39 is 0 Å². The molecule has 0 aromatic rings. The molecule has 46 heavy (non-hydrogen) atoms. The van der Waals surface area contributed by atoms with Gasteiger partial charge in [-0.1, -0.05) is 257 Å². The van der Waals surface area contributed by atoms with E-state index >= 15 is 0 Å². The van der Waals surface area contributed by atoms with Crippen molar-refractivity contribution in [3.8, 4) is 0 Å². The van der Waals surface area contributed by atoms with Crippen LogP contribution in [0.15, 0.2) is 0 Å². The fourth-order valence-corrected chi connectivity index (χ4v) is 7.45. The van der Waals surface area contributed by atoms with E-state index in [9.17, 15) is 0 Å². The largest absolute Gasteiger partial charge is 0.358 e. The molecule has 0 aliphatic carbocycles. The molecule has 0 aliphatic heterocycles. The molecule has 0 aromatic carbocycles. The maximum Gasteiger partial charge on any atom is 0.133 e. The standard InChI is InChI=1S/C43H87NS2/c1-3-5-7-9-11-13-15-17-19-21-23-25-27-29-31-33-35-37-39-41-44(43(45)46)42-40-38-36-34-32-30-28-26-24-22-20-18-16-14-12-10-8-6-4-2/h3-42H2,1-2H3,(H,45,46). The summed E-state index contributed by atoms with van der Waals surface area (Å²) in [4.78, 5) is 2.36. The number of rotatable bonds is 40. The second kappa shape index (κ2) is 41.4. The SMILES string of the molecule is CCCCCCCCCCCCCCCCCCCCCN(CCCCCCCCCCCCCCCCCCCCC)C(=S)S. The van der Waals surface area contributed by atoms with Crippen molar-refractivity contribution in [1.29, 1.82) is 0 Å². The fourth-order valence-electron chi connectivity index (χ4n) is 7.07. The molecule has 0 aliphatic rings. The first-order chi connectivity index (χ1) is 22.7. The molecule has 0 amide bonds. The minimum Gasteiger partial charge on any atom is -0.358 e. The Kier molecular flexibility index (Phi) is 41.6. The van der Waals surface area contributed by atoms with E-state index in [4.69, 9.17) is 12.2 Å². The Labute approximate surface area is 303 Å². The first kappa shape index (κ1) is 46.2. The summed E-state index contributed by atoms with van der Waals surface area (Å²) in [7, 11) is 0. The van der Waals surface area contributed by atoms with Crippen LogP contribution < -0.4 is 0 Å². The van der Waals surface area contributed by atoms with Crippen molar-refractivity contribution in [3.63, 3.8) is 0 Å². The summed E-state index contributed by atoms with van der Waals surface area (Å²) >= 11 is 9.99. The summed E-state index contributed by atoms with van der Waals surface area (Å²) < 4.78 is 0.810. The molecule has 0 aromatic heterocycles. The van der Waals surface area contributed by atoms with Gasteiger partial charge in [0.1, 0.15) is 4.32 Å². The van der Waals surface area contributed by atoms with E-state index in [-0.39, 0.29) is 0 Å². The number of unbranched alkanes of at least 4 members (excludes halogenated alkanes) is 36. The van der Waals surface area contributed by atoms with E-state index in [1.165, 1.54) is 244 Å². The predicted octanol–water partition coefficient (Wildman–Crippen LogP) is 16.4. The van der Waals surface area contributed by atoms with Gasteiger partial charge >= 0.3 is 0 Å². The van der Waals surface area contributed by atoms with Crippen molar-refractivity contribution < 1.29 is 0 Å². The molecule has 1 nitrogen and oxygen atoms in total. The molecule has 0 N–H and O–H groups in total. The molecule has 3 heteroatoms. The van der Waals surface area contributed by atoms with Crippen molar-refractivity contribution in [2.45, 2.75) is 258 Å². The van der Waals surface area contributed by atoms with Crippen molar-refractivity contribution >= 4 is 29.2 Å². The topological polar surface area (TPSA) is 3.24 Å². The number of thiol groups is 1. The molecule has 0 saturated carbocycles. The molecular formula is C43H87NS2. The predicted molar refractivity (Wildman–Crippen MR) is 220 cm³/mol. The van der Waals surface area contributed by atoms with Crippen LogP contribution >= 0.6 is 24.8 Å². The maximum absolute atomic E-state index is 5.45. The first-order valence-corrected chi connectivity index (χ1v) is 22.6. The highest BCUT2D eigenvalue weighted by Crippen LogP contribution is 2.17. The van der Waals surface area contributed by atoms with Crippen LogP contribution in [0.4, 0.5) is 0 Å². The van der Waals surface area contributed by atoms with Crippen LogP contribution in [0.25, 0.3) is 0 Å². The van der Waals surface area contributed by atoms with Crippen molar-refractivity contribution in [3.05, 3.63) is 0 Å². The zero-order valence-electron chi connectivity index (χ0n) is 32.1. The highest BCUT2D eigenvalue weighted by Gasteiger charge is 2.06. The third-order valence-electron chi connectivity index (χ3n) is 10.3. The van der Waals surface area contributed by atoms with Gasteiger partial charge in [-0.2, -0.15) is 0 Å². The van der Waals surface area contributed by atoms with Gasteiger partial charge in [-0.05, 0) is 12.8 Å². The van der Waals surface area contributed by atoms with Gasteiger partial charge in [0.15, 0.2) is 0 Å². The van der Waals surface area contributed by atoms with Gasteiger partial charge in [0, 0.05) is 13.1 Å². The van der Waals surface area contributed by atoms with Crippen LogP contribution in [0.1, 0.15) is 258 Å². The number of hydrogen-bond acceptors (Lipinski definition) is 1. The van der Waals surface area contributed by atoms with Crippen molar-refractivity contribution in [2.75, 3.05) is 13.1 Å². The Morgan fingerprint density at radius 2 is 0.457 bits per heavy atom. The molecule has 0 fully saturated rings. The molecule has 0 radical (unpaired) electrons. The summed E-state index contributed by atoms with van der Waals surface area (Å²) in [5.74, 6) is 0. The Hall–Kier alpha value is 0.240. The Bertz CT molecular complexity index is 523. The van der Waals surface area contributed by atoms with Crippen LogP contribution in [0.3, 0.4) is 0 Å². The Balaban J connectivity index is 3.34. The van der Waals surface area contributed by atoms with Gasteiger partial charge in [0.05, 0.1) is 0 Å². The first-order valence-electron chi connectivity index (χ1n) is 21.7. The highest BCUT2D eigenvalue weighted by atomic mass is 32.1. The van der Waals surface area contributed by atoms with E-state index in [1.807, 2.05) is 0 Å². The van der Waals surface area contributed by atoms with Crippen molar-refractivity contribution in [2.24, 2.45) is 0 Å². The lowest BCUT2D eigenvalue weighted by Gasteiger charge is -2.22. The Morgan fingerprint density at radius 3 is 0.609 bits per heavy atom. The molecule has 0 atom stereocenters. The lowest BCUT2D eigenvalue weighted by atomic mass is 10.0. The third kappa shape index (κ3) is 38.7. The van der Waals surface area contributed by atoms with Gasteiger partial charge < -0.3 is 4.90 Å². The lowest BCUT2D eigenvalue weighted by Crippen LogP contribution is -2.28. The van der Waals surface area contributed by atoms with Gasteiger partial charge in [-0.25, -0.2) is 0 Å². The van der Waals surface area contributed by atoms with Crippen LogP contribution in [-0.4, -0.2) is 22.3 Å². The maximum atomic E-state index is 5.45. The zero-order chi connectivity index (χ0) is 33.4. The lowest BCUT2D eigenvalue weighted by molar-refractivity contribution is 0.394. The summed E-state index contributed by atoms with van der Waals surface area (Å²) in [6.45, 7) is 6.83. The monoisotopic (exact) mass is 682 g/mol. The number of thiocarbonyl (C=S) groups is 1. The van der Waals surface area contributed by atoms with Crippen LogP contribution in [0.2, 0.25) is 0 Å². The molecule has 0 unspecified atom stereocenters. The molecular weight excluding hydrogens is 595 g/mol. The van der Waals surface area contributed by atoms with Gasteiger partial charge in [0.25, 0.3) is 0 Å². The molecule has 0 saturated heterocycles. The second-order valence-electron chi connectivity index (χ2n) is 15.0.